The molecule has 2 N–H and O–H groups in total. The van der Waals surface area contributed by atoms with Crippen molar-refractivity contribution in [2.45, 2.75) is 19.5 Å². The van der Waals surface area contributed by atoms with Gasteiger partial charge in [0.05, 0.1) is 12.6 Å². The first-order valence-electron chi connectivity index (χ1n) is 9.90. The molecule has 154 valence electrons. The molecule has 7 nitrogen and oxygen atoms in total. The SMILES string of the molecule is CC(c1cc2ccccc2[nH]1)N(C)C(=O)/C=C/c1cnc2c(c1)CN(C)CC(=O)N2. The summed E-state index contributed by atoms with van der Waals surface area (Å²) in [5.74, 6) is 0.411. The molecule has 2 amide bonds. The van der Waals surface area contributed by atoms with Crippen molar-refractivity contribution in [2.75, 3.05) is 26.0 Å². The van der Waals surface area contributed by atoms with Crippen LogP contribution >= 0.6 is 0 Å². The van der Waals surface area contributed by atoms with Crippen molar-refractivity contribution < 1.29 is 9.59 Å². The van der Waals surface area contributed by atoms with Crippen LogP contribution in [0.1, 0.15) is 29.8 Å². The Morgan fingerprint density at radius 1 is 1.27 bits per heavy atom. The molecule has 3 heterocycles. The second kappa shape index (κ2) is 8.12. The van der Waals surface area contributed by atoms with Gasteiger partial charge >= 0.3 is 0 Å². The van der Waals surface area contributed by atoms with E-state index in [0.29, 0.717) is 18.9 Å². The number of aromatic amines is 1. The van der Waals surface area contributed by atoms with E-state index in [9.17, 15) is 9.59 Å². The summed E-state index contributed by atoms with van der Waals surface area (Å²) in [6.45, 7) is 2.95. The first-order valence-corrected chi connectivity index (χ1v) is 9.90. The molecule has 0 radical (unpaired) electrons. The highest BCUT2D eigenvalue weighted by molar-refractivity contribution is 5.93. The minimum absolute atomic E-state index is 0.0743. The van der Waals surface area contributed by atoms with E-state index in [1.165, 1.54) is 0 Å². The zero-order valence-electron chi connectivity index (χ0n) is 17.3. The highest BCUT2D eigenvalue weighted by Crippen LogP contribution is 2.24. The van der Waals surface area contributed by atoms with Crippen LogP contribution in [-0.2, 0) is 16.1 Å². The largest absolute Gasteiger partial charge is 0.357 e. The van der Waals surface area contributed by atoms with Crippen molar-refractivity contribution in [1.82, 2.24) is 19.8 Å². The Bertz CT molecular complexity index is 1100. The van der Waals surface area contributed by atoms with Crippen molar-refractivity contribution in [2.24, 2.45) is 0 Å². The summed E-state index contributed by atoms with van der Waals surface area (Å²) in [5.41, 5.74) is 3.80. The number of nitrogens with zero attached hydrogens (tertiary/aromatic N) is 3. The molecule has 0 saturated carbocycles. The van der Waals surface area contributed by atoms with E-state index in [4.69, 9.17) is 0 Å². The molecule has 2 aromatic heterocycles. The number of hydrogen-bond acceptors (Lipinski definition) is 4. The standard InChI is InChI=1S/C23H25N5O2/c1-15(20-11-17-6-4-5-7-19(17)25-20)28(3)22(30)9-8-16-10-18-13-27(2)14-21(29)26-23(18)24-12-16/h4-12,15,25H,13-14H2,1-3H3,(H,24,26,29)/b9-8+. The number of aromatic nitrogens is 2. The minimum atomic E-state index is -0.0958. The van der Waals surface area contributed by atoms with Crippen LogP contribution in [-0.4, -0.2) is 52.2 Å². The van der Waals surface area contributed by atoms with Crippen molar-refractivity contribution >= 4 is 34.6 Å². The lowest BCUT2D eigenvalue weighted by Gasteiger charge is -2.22. The van der Waals surface area contributed by atoms with Crippen molar-refractivity contribution in [1.29, 1.82) is 0 Å². The van der Waals surface area contributed by atoms with Gasteiger partial charge in [0.2, 0.25) is 11.8 Å². The Balaban J connectivity index is 1.48. The fraction of sp³-hybridized carbons (Fsp3) is 0.261. The number of hydrogen-bond donors (Lipinski definition) is 2. The molecule has 3 aromatic rings. The van der Waals surface area contributed by atoms with Crippen LogP contribution in [0.2, 0.25) is 0 Å². The monoisotopic (exact) mass is 403 g/mol. The third-order valence-electron chi connectivity index (χ3n) is 5.45. The second-order valence-electron chi connectivity index (χ2n) is 7.77. The van der Waals surface area contributed by atoms with Gasteiger partial charge in [0, 0.05) is 42.6 Å². The Morgan fingerprint density at radius 3 is 2.87 bits per heavy atom. The van der Waals surface area contributed by atoms with Crippen molar-refractivity contribution in [3.63, 3.8) is 0 Å². The van der Waals surface area contributed by atoms with E-state index in [0.717, 1.165) is 27.7 Å². The van der Waals surface area contributed by atoms with E-state index in [1.807, 2.05) is 43.1 Å². The number of anilines is 1. The zero-order valence-corrected chi connectivity index (χ0v) is 17.3. The van der Waals surface area contributed by atoms with Crippen LogP contribution in [0.3, 0.4) is 0 Å². The number of H-pyrrole nitrogens is 1. The predicted octanol–water partition coefficient (Wildman–Crippen LogP) is 3.18. The zero-order chi connectivity index (χ0) is 21.3. The number of pyridine rings is 1. The molecule has 4 rings (SSSR count). The third kappa shape index (κ3) is 4.11. The summed E-state index contributed by atoms with van der Waals surface area (Å²) >= 11 is 0. The quantitative estimate of drug-likeness (QED) is 0.656. The molecule has 1 aliphatic heterocycles. The van der Waals surface area contributed by atoms with Gasteiger partial charge in [-0.25, -0.2) is 4.98 Å². The van der Waals surface area contributed by atoms with Crippen molar-refractivity contribution in [3.8, 4) is 0 Å². The van der Waals surface area contributed by atoms with E-state index in [2.05, 4.69) is 27.4 Å². The molecule has 0 spiro atoms. The van der Waals surface area contributed by atoms with Gasteiger partial charge in [-0.3, -0.25) is 14.5 Å². The summed E-state index contributed by atoms with van der Waals surface area (Å²) in [6.07, 6.45) is 4.98. The lowest BCUT2D eigenvalue weighted by atomic mass is 10.1. The lowest BCUT2D eigenvalue weighted by Crippen LogP contribution is -2.28. The number of nitrogens with one attached hydrogen (secondary N) is 2. The van der Waals surface area contributed by atoms with Crippen LogP contribution in [0.5, 0.6) is 0 Å². The number of likely N-dealkylation sites (N-methyl/N-ethyl adjacent to an activating group) is 2. The molecular formula is C23H25N5O2. The average molecular weight is 403 g/mol. The molecule has 0 fully saturated rings. The number of benzene rings is 1. The topological polar surface area (TPSA) is 81.3 Å². The molecule has 0 saturated heterocycles. The van der Waals surface area contributed by atoms with Crippen LogP contribution < -0.4 is 5.32 Å². The maximum atomic E-state index is 12.7. The normalized spacial score (nSPS) is 15.6. The number of rotatable bonds is 4. The maximum absolute atomic E-state index is 12.7. The van der Waals surface area contributed by atoms with Gasteiger partial charge in [-0.05, 0) is 49.2 Å². The van der Waals surface area contributed by atoms with E-state index >= 15 is 0 Å². The molecular weight excluding hydrogens is 378 g/mol. The number of fused-ring (bicyclic) bond motifs is 2. The van der Waals surface area contributed by atoms with E-state index in [1.54, 1.807) is 30.3 Å². The predicted molar refractivity (Wildman–Crippen MR) is 118 cm³/mol. The Hall–Kier alpha value is -3.45. The van der Waals surface area contributed by atoms with Gasteiger partial charge < -0.3 is 15.2 Å². The summed E-state index contributed by atoms with van der Waals surface area (Å²) < 4.78 is 0. The third-order valence-corrected chi connectivity index (χ3v) is 5.45. The van der Waals surface area contributed by atoms with Crippen molar-refractivity contribution in [3.05, 3.63) is 65.5 Å². The molecule has 1 unspecified atom stereocenters. The fourth-order valence-corrected chi connectivity index (χ4v) is 3.62. The van der Waals surface area contributed by atoms with Gasteiger partial charge in [0.25, 0.3) is 0 Å². The van der Waals surface area contributed by atoms with Crippen LogP contribution in [0, 0.1) is 0 Å². The van der Waals surface area contributed by atoms with E-state index in [-0.39, 0.29) is 17.9 Å². The van der Waals surface area contributed by atoms with Crippen LogP contribution in [0.15, 0.2) is 48.7 Å². The molecule has 1 aromatic carbocycles. The second-order valence-corrected chi connectivity index (χ2v) is 7.77. The first-order chi connectivity index (χ1) is 14.4. The van der Waals surface area contributed by atoms with Crippen LogP contribution in [0.4, 0.5) is 5.82 Å². The maximum Gasteiger partial charge on any atom is 0.246 e. The summed E-state index contributed by atoms with van der Waals surface area (Å²) in [7, 11) is 3.68. The minimum Gasteiger partial charge on any atom is -0.357 e. The highest BCUT2D eigenvalue weighted by atomic mass is 16.2. The molecule has 0 bridgehead atoms. The lowest BCUT2D eigenvalue weighted by molar-refractivity contribution is -0.126. The Morgan fingerprint density at radius 2 is 2.07 bits per heavy atom. The Kier molecular flexibility index (Phi) is 5.37. The molecule has 0 aliphatic carbocycles. The van der Waals surface area contributed by atoms with E-state index < -0.39 is 0 Å². The fourth-order valence-electron chi connectivity index (χ4n) is 3.62. The molecule has 7 heteroatoms. The summed E-state index contributed by atoms with van der Waals surface area (Å²) in [5, 5.41) is 3.94. The van der Waals surface area contributed by atoms with Gasteiger partial charge in [0.1, 0.15) is 5.82 Å². The smallest absolute Gasteiger partial charge is 0.246 e. The van der Waals surface area contributed by atoms with Gasteiger partial charge in [-0.1, -0.05) is 18.2 Å². The molecule has 30 heavy (non-hydrogen) atoms. The summed E-state index contributed by atoms with van der Waals surface area (Å²) in [6, 6.07) is 12.0. The Labute approximate surface area is 175 Å². The van der Waals surface area contributed by atoms with Gasteiger partial charge in [-0.2, -0.15) is 0 Å². The molecule has 1 aliphatic rings. The van der Waals surface area contributed by atoms with Gasteiger partial charge in [0.15, 0.2) is 0 Å². The number of amides is 2. The van der Waals surface area contributed by atoms with Crippen LogP contribution in [0.25, 0.3) is 17.0 Å². The number of carbonyl (C=O) groups excluding carboxylic acids is 2. The molecule has 1 atom stereocenters. The average Bonchev–Trinajstić information content (AvgIpc) is 3.10. The summed E-state index contributed by atoms with van der Waals surface area (Å²) in [4.78, 5) is 35.9. The number of carbonyl (C=O) groups is 2. The van der Waals surface area contributed by atoms with Gasteiger partial charge in [-0.15, -0.1) is 0 Å². The highest BCUT2D eigenvalue weighted by Gasteiger charge is 2.19. The first kappa shape index (κ1) is 19.8. The number of para-hydroxylation sites is 1.